The maximum Gasteiger partial charge on any atom is 0.261 e. The second kappa shape index (κ2) is 7.70. The molecule has 2 heterocycles. The van der Waals surface area contributed by atoms with Crippen molar-refractivity contribution in [2.45, 2.75) is 44.1 Å². The quantitative estimate of drug-likeness (QED) is 0.719. The first-order valence-corrected chi connectivity index (χ1v) is 10.8. The molecule has 7 heteroatoms. The Hall–Kier alpha value is -2.83. The Labute approximate surface area is 179 Å². The number of hydrogen-bond acceptors (Lipinski definition) is 4. The molecule has 3 aliphatic rings. The van der Waals surface area contributed by atoms with E-state index in [-0.39, 0.29) is 29.7 Å². The first kappa shape index (κ1) is 20.1. The molecule has 0 saturated heterocycles. The van der Waals surface area contributed by atoms with Gasteiger partial charge in [-0.05, 0) is 55.2 Å². The van der Waals surface area contributed by atoms with E-state index in [0.717, 1.165) is 55.2 Å². The predicted octanol–water partition coefficient (Wildman–Crippen LogP) is 4.53. The number of halogens is 2. The molecule has 2 aromatic carbocycles. The van der Waals surface area contributed by atoms with Gasteiger partial charge in [0.05, 0.1) is 6.04 Å². The fourth-order valence-corrected chi connectivity index (χ4v) is 5.22. The maximum atomic E-state index is 13.9. The van der Waals surface area contributed by atoms with Gasteiger partial charge >= 0.3 is 0 Å². The molecule has 31 heavy (non-hydrogen) atoms. The Morgan fingerprint density at radius 3 is 2.58 bits per heavy atom. The summed E-state index contributed by atoms with van der Waals surface area (Å²) in [5, 5.41) is 0. The van der Waals surface area contributed by atoms with Crippen LogP contribution >= 0.6 is 0 Å². The van der Waals surface area contributed by atoms with Gasteiger partial charge in [0, 0.05) is 18.0 Å². The zero-order valence-electron chi connectivity index (χ0n) is 17.5. The summed E-state index contributed by atoms with van der Waals surface area (Å²) in [5.74, 6) is -0.328. The number of fused-ring (bicyclic) bond motifs is 3. The summed E-state index contributed by atoms with van der Waals surface area (Å²) >= 11 is 0. The number of ether oxygens (including phenoxy) is 3. The monoisotopic (exact) mass is 429 g/mol. The van der Waals surface area contributed by atoms with Crippen LogP contribution in [0.4, 0.5) is 8.78 Å². The molecular weight excluding hydrogens is 404 g/mol. The lowest BCUT2D eigenvalue weighted by molar-refractivity contribution is -0.137. The van der Waals surface area contributed by atoms with E-state index < -0.39 is 11.6 Å². The molecule has 0 N–H and O–H groups in total. The molecule has 1 spiro atoms. The van der Waals surface area contributed by atoms with Crippen molar-refractivity contribution >= 4 is 5.91 Å². The highest BCUT2D eigenvalue weighted by Crippen LogP contribution is 2.51. The van der Waals surface area contributed by atoms with Gasteiger partial charge < -0.3 is 19.1 Å². The fraction of sp³-hybridized carbons (Fsp3) is 0.458. The van der Waals surface area contributed by atoms with Gasteiger partial charge in [-0.3, -0.25) is 4.79 Å². The molecule has 0 radical (unpaired) electrons. The van der Waals surface area contributed by atoms with Gasteiger partial charge in [-0.2, -0.15) is 0 Å². The fourth-order valence-electron chi connectivity index (χ4n) is 5.22. The van der Waals surface area contributed by atoms with Crippen LogP contribution in [0.2, 0.25) is 0 Å². The van der Waals surface area contributed by atoms with E-state index in [4.69, 9.17) is 14.2 Å². The third kappa shape index (κ3) is 3.50. The molecule has 164 valence electrons. The molecule has 1 atom stereocenters. The van der Waals surface area contributed by atoms with Crippen molar-refractivity contribution in [3.05, 3.63) is 53.1 Å². The highest BCUT2D eigenvalue weighted by Gasteiger charge is 2.46. The first-order chi connectivity index (χ1) is 15.0. The van der Waals surface area contributed by atoms with Crippen LogP contribution in [-0.2, 0) is 10.2 Å². The van der Waals surface area contributed by atoms with Gasteiger partial charge in [0.15, 0.2) is 29.7 Å². The van der Waals surface area contributed by atoms with Crippen LogP contribution in [-0.4, -0.2) is 37.2 Å². The van der Waals surface area contributed by atoms with Crippen LogP contribution in [0.25, 0.3) is 0 Å². The summed E-state index contributed by atoms with van der Waals surface area (Å²) < 4.78 is 44.3. The summed E-state index contributed by atoms with van der Waals surface area (Å²) in [7, 11) is 0. The number of carbonyl (C=O) groups is 1. The first-order valence-electron chi connectivity index (χ1n) is 10.8. The molecule has 5 rings (SSSR count). The average molecular weight is 429 g/mol. The maximum absolute atomic E-state index is 13.9. The number of nitrogens with zero attached hydrogens (tertiary/aromatic N) is 1. The summed E-state index contributed by atoms with van der Waals surface area (Å²) in [5.41, 5.74) is 2.17. The van der Waals surface area contributed by atoms with E-state index in [1.807, 2.05) is 13.0 Å². The van der Waals surface area contributed by atoms with Crippen molar-refractivity contribution in [1.29, 1.82) is 0 Å². The zero-order chi connectivity index (χ0) is 21.6. The normalized spacial score (nSPS) is 21.1. The van der Waals surface area contributed by atoms with Crippen molar-refractivity contribution < 1.29 is 27.8 Å². The van der Waals surface area contributed by atoms with Gasteiger partial charge in [0.2, 0.25) is 0 Å². The smallest absolute Gasteiger partial charge is 0.261 e. The van der Waals surface area contributed by atoms with E-state index in [2.05, 4.69) is 6.07 Å². The zero-order valence-corrected chi connectivity index (χ0v) is 17.5. The highest BCUT2D eigenvalue weighted by molar-refractivity contribution is 5.79. The van der Waals surface area contributed by atoms with Crippen LogP contribution in [0.3, 0.4) is 0 Å². The van der Waals surface area contributed by atoms with Crippen LogP contribution in [0.15, 0.2) is 30.3 Å². The topological polar surface area (TPSA) is 48.0 Å². The van der Waals surface area contributed by atoms with Crippen molar-refractivity contribution in [1.82, 2.24) is 4.90 Å². The summed E-state index contributed by atoms with van der Waals surface area (Å²) in [6, 6.07) is 6.88. The second-order valence-electron chi connectivity index (χ2n) is 8.63. The molecule has 0 aromatic heterocycles. The SMILES string of the molecule is CC1c2cc3c(cc2C2(CCCC2)CN1C(=O)COc1cc(F)ccc1F)OCCO3. The molecule has 2 aromatic rings. The van der Waals surface area contributed by atoms with Gasteiger partial charge in [0.25, 0.3) is 5.91 Å². The van der Waals surface area contributed by atoms with Gasteiger partial charge in [0.1, 0.15) is 19.0 Å². The number of carbonyl (C=O) groups excluding carboxylic acids is 1. The van der Waals surface area contributed by atoms with E-state index in [0.29, 0.717) is 25.5 Å². The van der Waals surface area contributed by atoms with Crippen molar-refractivity contribution in [2.75, 3.05) is 26.4 Å². The Bertz CT molecular complexity index is 1020. The van der Waals surface area contributed by atoms with Crippen LogP contribution in [0, 0.1) is 11.6 Å². The molecule has 0 bridgehead atoms. The third-order valence-electron chi connectivity index (χ3n) is 6.80. The molecule has 1 fully saturated rings. The summed E-state index contributed by atoms with van der Waals surface area (Å²) in [4.78, 5) is 15.0. The molecule has 5 nitrogen and oxygen atoms in total. The van der Waals surface area contributed by atoms with Crippen LogP contribution < -0.4 is 14.2 Å². The van der Waals surface area contributed by atoms with Crippen molar-refractivity contribution in [2.24, 2.45) is 0 Å². The summed E-state index contributed by atoms with van der Waals surface area (Å²) in [6.07, 6.45) is 4.20. The minimum absolute atomic E-state index is 0.128. The average Bonchev–Trinajstić information content (AvgIpc) is 3.25. The number of amides is 1. The van der Waals surface area contributed by atoms with E-state index in [1.54, 1.807) is 4.90 Å². The van der Waals surface area contributed by atoms with Crippen LogP contribution in [0.1, 0.15) is 49.8 Å². The molecular formula is C24H25F2NO4. The number of benzene rings is 2. The van der Waals surface area contributed by atoms with Crippen molar-refractivity contribution in [3.63, 3.8) is 0 Å². The lowest BCUT2D eigenvalue weighted by Gasteiger charge is -2.46. The van der Waals surface area contributed by atoms with E-state index >= 15 is 0 Å². The highest BCUT2D eigenvalue weighted by atomic mass is 19.1. The number of rotatable bonds is 3. The standard InChI is InChI=1S/C24H25F2NO4/c1-15-17-11-21-22(30-9-8-29-21)12-18(17)24(6-2-3-7-24)14-27(15)23(28)13-31-20-10-16(25)4-5-19(20)26/h4-5,10-12,15H,2-3,6-9,13-14H2,1H3. The lowest BCUT2D eigenvalue weighted by Crippen LogP contribution is -2.50. The van der Waals surface area contributed by atoms with E-state index in [9.17, 15) is 13.6 Å². The molecule has 1 unspecified atom stereocenters. The summed E-state index contributed by atoms with van der Waals surface area (Å²) in [6.45, 7) is 3.25. The lowest BCUT2D eigenvalue weighted by atomic mass is 9.71. The minimum atomic E-state index is -0.692. The van der Waals surface area contributed by atoms with Gasteiger partial charge in [-0.1, -0.05) is 12.8 Å². The van der Waals surface area contributed by atoms with Crippen molar-refractivity contribution in [3.8, 4) is 17.2 Å². The van der Waals surface area contributed by atoms with Gasteiger partial charge in [-0.15, -0.1) is 0 Å². The molecule has 1 aliphatic carbocycles. The predicted molar refractivity (Wildman–Crippen MR) is 110 cm³/mol. The van der Waals surface area contributed by atoms with E-state index in [1.165, 1.54) is 5.56 Å². The Morgan fingerprint density at radius 2 is 1.84 bits per heavy atom. The Kier molecular flexibility index (Phi) is 4.99. The molecule has 2 aliphatic heterocycles. The largest absolute Gasteiger partial charge is 0.486 e. The Balaban J connectivity index is 1.44. The third-order valence-corrected chi connectivity index (χ3v) is 6.80. The minimum Gasteiger partial charge on any atom is -0.486 e. The molecule has 1 amide bonds. The van der Waals surface area contributed by atoms with Crippen LogP contribution in [0.5, 0.6) is 17.2 Å². The second-order valence-corrected chi connectivity index (χ2v) is 8.63. The number of hydrogen-bond donors (Lipinski definition) is 0. The Morgan fingerprint density at radius 1 is 1.13 bits per heavy atom. The molecule has 1 saturated carbocycles. The van der Waals surface area contributed by atoms with Gasteiger partial charge in [-0.25, -0.2) is 8.78 Å².